The van der Waals surface area contributed by atoms with Gasteiger partial charge in [0.2, 0.25) is 5.82 Å². The summed E-state index contributed by atoms with van der Waals surface area (Å²) < 4.78 is 41.2. The maximum absolute atomic E-state index is 13.1. The minimum absolute atomic E-state index is 0.187. The van der Waals surface area contributed by atoms with E-state index in [1.807, 2.05) is 0 Å². The van der Waals surface area contributed by atoms with Crippen LogP contribution in [0.15, 0.2) is 42.0 Å². The topological polar surface area (TPSA) is 112 Å². The zero-order valence-electron chi connectivity index (χ0n) is 16.4. The lowest BCUT2D eigenvalue weighted by Gasteiger charge is -2.14. The van der Waals surface area contributed by atoms with Gasteiger partial charge in [-0.15, -0.1) is 0 Å². The quantitative estimate of drug-likeness (QED) is 0.527. The monoisotopic (exact) mass is 431 g/mol. The molecule has 0 bridgehead atoms. The van der Waals surface area contributed by atoms with Gasteiger partial charge in [0.05, 0.1) is 36.3 Å². The number of fused-ring (bicyclic) bond motifs is 1. The van der Waals surface area contributed by atoms with E-state index in [0.717, 1.165) is 12.4 Å². The Hall–Kier alpha value is -3.67. The molecule has 9 nitrogen and oxygen atoms in total. The third-order valence-corrected chi connectivity index (χ3v) is 4.69. The van der Waals surface area contributed by atoms with Crippen molar-refractivity contribution < 1.29 is 18.3 Å². The Morgan fingerprint density at radius 3 is 2.42 bits per heavy atom. The van der Waals surface area contributed by atoms with Gasteiger partial charge in [-0.25, -0.2) is 19.9 Å². The summed E-state index contributed by atoms with van der Waals surface area (Å²) in [6.07, 6.45) is 1.88. The zero-order chi connectivity index (χ0) is 22.3. The molecule has 0 spiro atoms. The average molecular weight is 431 g/mol. The Kier molecular flexibility index (Phi) is 5.01. The Morgan fingerprint density at radius 1 is 1.13 bits per heavy atom. The molecule has 1 atom stereocenters. The Morgan fingerprint density at radius 2 is 1.84 bits per heavy atom. The van der Waals surface area contributed by atoms with Crippen LogP contribution in [0, 0.1) is 0 Å². The van der Waals surface area contributed by atoms with Crippen molar-refractivity contribution in [3.05, 3.63) is 53.4 Å². The fraction of sp³-hybridized carbons (Fsp3) is 0.263. The SMILES string of the molecule is C[C@@H](CO)n1cnc2c(-c3cnn(C)c3)nc(-c3cnc(C(F)(F)F)nc3)cc2c1=O. The maximum Gasteiger partial charge on any atom is 0.451 e. The smallest absolute Gasteiger partial charge is 0.394 e. The predicted octanol–water partition coefficient (Wildman–Crippen LogP) is 2.22. The van der Waals surface area contributed by atoms with E-state index in [2.05, 4.69) is 25.0 Å². The summed E-state index contributed by atoms with van der Waals surface area (Å²) in [5.41, 5.74) is 1.19. The predicted molar refractivity (Wildman–Crippen MR) is 104 cm³/mol. The van der Waals surface area contributed by atoms with E-state index >= 15 is 0 Å². The second-order valence-corrected chi connectivity index (χ2v) is 6.94. The van der Waals surface area contributed by atoms with E-state index in [-0.39, 0.29) is 23.3 Å². The molecule has 0 fully saturated rings. The third kappa shape index (κ3) is 3.77. The second-order valence-electron chi connectivity index (χ2n) is 6.94. The first-order valence-electron chi connectivity index (χ1n) is 9.10. The number of aliphatic hydroxyl groups excluding tert-OH is 1. The molecule has 4 rings (SSSR count). The number of aromatic nitrogens is 7. The van der Waals surface area contributed by atoms with Crippen molar-refractivity contribution in [1.29, 1.82) is 0 Å². The number of aryl methyl sites for hydroxylation is 1. The van der Waals surface area contributed by atoms with Gasteiger partial charge in [-0.2, -0.15) is 18.3 Å². The second kappa shape index (κ2) is 7.54. The Bertz CT molecular complexity index is 1310. The lowest BCUT2D eigenvalue weighted by atomic mass is 10.1. The molecule has 0 aliphatic carbocycles. The summed E-state index contributed by atoms with van der Waals surface area (Å²) in [6.45, 7) is 1.38. The molecule has 0 saturated carbocycles. The van der Waals surface area contributed by atoms with Crippen molar-refractivity contribution in [3.8, 4) is 22.5 Å². The van der Waals surface area contributed by atoms with E-state index in [4.69, 9.17) is 0 Å². The molecule has 12 heteroatoms. The highest BCUT2D eigenvalue weighted by Gasteiger charge is 2.34. The summed E-state index contributed by atoms with van der Waals surface area (Å²) >= 11 is 0. The highest BCUT2D eigenvalue weighted by molar-refractivity contribution is 5.93. The van der Waals surface area contributed by atoms with Gasteiger partial charge in [0, 0.05) is 36.8 Å². The van der Waals surface area contributed by atoms with Crippen molar-refractivity contribution in [2.45, 2.75) is 19.1 Å². The number of rotatable bonds is 4. The molecular weight excluding hydrogens is 415 g/mol. The van der Waals surface area contributed by atoms with Gasteiger partial charge >= 0.3 is 6.18 Å². The molecule has 0 radical (unpaired) electrons. The van der Waals surface area contributed by atoms with Gasteiger partial charge in [0.1, 0.15) is 11.2 Å². The van der Waals surface area contributed by atoms with Gasteiger partial charge < -0.3 is 5.11 Å². The fourth-order valence-electron chi connectivity index (χ4n) is 3.04. The normalized spacial score (nSPS) is 13.0. The minimum atomic E-state index is -4.67. The van der Waals surface area contributed by atoms with Crippen LogP contribution >= 0.6 is 0 Å². The van der Waals surface area contributed by atoms with Gasteiger partial charge in [-0.1, -0.05) is 0 Å². The van der Waals surface area contributed by atoms with Crippen LogP contribution in [0.4, 0.5) is 13.2 Å². The molecule has 1 N–H and O–H groups in total. The van der Waals surface area contributed by atoms with Crippen LogP contribution in [0.2, 0.25) is 0 Å². The number of halogens is 3. The molecule has 0 aliphatic heterocycles. The lowest BCUT2D eigenvalue weighted by Crippen LogP contribution is -2.25. The highest BCUT2D eigenvalue weighted by Crippen LogP contribution is 2.30. The molecule has 0 aromatic carbocycles. The van der Waals surface area contributed by atoms with Crippen LogP contribution in [-0.2, 0) is 13.2 Å². The molecule has 160 valence electrons. The van der Waals surface area contributed by atoms with Crippen LogP contribution in [0.1, 0.15) is 18.8 Å². The van der Waals surface area contributed by atoms with Gasteiger partial charge in [-0.05, 0) is 13.0 Å². The first-order chi connectivity index (χ1) is 14.7. The molecule has 0 amide bonds. The summed E-state index contributed by atoms with van der Waals surface area (Å²) in [7, 11) is 1.71. The third-order valence-electron chi connectivity index (χ3n) is 4.69. The molecule has 0 saturated heterocycles. The average Bonchev–Trinajstić information content (AvgIpc) is 3.18. The standard InChI is InChI=1S/C19H16F3N7O2/c1-10(8-30)29-9-25-16-13(17(29)31)3-14(27-15(16)12-6-26-28(2)7-12)11-4-23-18(24-5-11)19(20,21)22/h3-7,9-10,30H,8H2,1-2H3/t10-/m0/s1. The molecular formula is C19H16F3N7O2. The molecule has 4 heterocycles. The van der Waals surface area contributed by atoms with Gasteiger partial charge in [-0.3, -0.25) is 14.0 Å². The summed E-state index contributed by atoms with van der Waals surface area (Å²) in [6, 6.07) is 0.911. The van der Waals surface area contributed by atoms with Crippen LogP contribution in [0.3, 0.4) is 0 Å². The number of hydrogen-bond acceptors (Lipinski definition) is 7. The number of hydrogen-bond donors (Lipinski definition) is 1. The summed E-state index contributed by atoms with van der Waals surface area (Å²) in [4.78, 5) is 28.7. The van der Waals surface area contributed by atoms with Crippen molar-refractivity contribution in [3.63, 3.8) is 0 Å². The molecule has 0 aliphatic rings. The van der Waals surface area contributed by atoms with Gasteiger partial charge in [0.15, 0.2) is 0 Å². The first-order valence-corrected chi connectivity index (χ1v) is 9.10. The molecule has 31 heavy (non-hydrogen) atoms. The fourth-order valence-corrected chi connectivity index (χ4v) is 3.04. The molecule has 4 aromatic heterocycles. The number of nitrogens with zero attached hydrogens (tertiary/aromatic N) is 7. The Balaban J connectivity index is 1.97. The van der Waals surface area contributed by atoms with E-state index in [1.165, 1.54) is 17.0 Å². The highest BCUT2D eigenvalue weighted by atomic mass is 19.4. The zero-order valence-corrected chi connectivity index (χ0v) is 16.4. The van der Waals surface area contributed by atoms with Gasteiger partial charge in [0.25, 0.3) is 5.56 Å². The van der Waals surface area contributed by atoms with E-state index < -0.39 is 23.6 Å². The molecule has 0 unspecified atom stereocenters. The van der Waals surface area contributed by atoms with E-state index in [9.17, 15) is 23.1 Å². The maximum atomic E-state index is 13.1. The van der Waals surface area contributed by atoms with Crippen LogP contribution in [-0.4, -0.2) is 46.0 Å². The lowest BCUT2D eigenvalue weighted by molar-refractivity contribution is -0.144. The Labute approximate surface area is 172 Å². The number of pyridine rings is 1. The van der Waals surface area contributed by atoms with Crippen LogP contribution in [0.25, 0.3) is 33.4 Å². The van der Waals surface area contributed by atoms with E-state index in [0.29, 0.717) is 16.8 Å². The van der Waals surface area contributed by atoms with Crippen molar-refractivity contribution >= 4 is 10.9 Å². The summed E-state index contributed by atoms with van der Waals surface area (Å²) in [5.74, 6) is -1.27. The van der Waals surface area contributed by atoms with E-state index in [1.54, 1.807) is 31.0 Å². The van der Waals surface area contributed by atoms with Crippen LogP contribution in [0.5, 0.6) is 0 Å². The van der Waals surface area contributed by atoms with Crippen molar-refractivity contribution in [1.82, 2.24) is 34.3 Å². The first kappa shape index (κ1) is 20.6. The van der Waals surface area contributed by atoms with Crippen molar-refractivity contribution in [2.24, 2.45) is 7.05 Å². The minimum Gasteiger partial charge on any atom is -0.394 e. The summed E-state index contributed by atoms with van der Waals surface area (Å²) in [5, 5.41) is 13.7. The van der Waals surface area contributed by atoms with Crippen molar-refractivity contribution in [2.75, 3.05) is 6.61 Å². The number of alkyl halides is 3. The van der Waals surface area contributed by atoms with Crippen LogP contribution < -0.4 is 5.56 Å². The largest absolute Gasteiger partial charge is 0.451 e. The molecule has 4 aromatic rings. The number of aliphatic hydroxyl groups is 1.